The molecule has 0 nitrogen and oxygen atoms in total. The van der Waals surface area contributed by atoms with Gasteiger partial charge in [0.15, 0.2) is 0 Å². The lowest BCUT2D eigenvalue weighted by molar-refractivity contribution is 0.674. The predicted molar refractivity (Wildman–Crippen MR) is 266 cm³/mol. The molecule has 0 saturated heterocycles. The molecule has 1 spiro atoms. The van der Waals surface area contributed by atoms with Crippen LogP contribution in [0.4, 0.5) is 0 Å². The quantitative estimate of drug-likeness (QED) is 0.152. The van der Waals surface area contributed by atoms with Gasteiger partial charge >= 0.3 is 0 Å². The van der Waals surface area contributed by atoms with Crippen LogP contribution in [0.5, 0.6) is 0 Å². The zero-order valence-electron chi connectivity index (χ0n) is 35.2. The van der Waals surface area contributed by atoms with Crippen molar-refractivity contribution < 1.29 is 0 Å². The topological polar surface area (TPSA) is 0 Å². The number of fused-ring (bicyclic) bond motifs is 15. The first kappa shape index (κ1) is 36.3. The summed E-state index contributed by atoms with van der Waals surface area (Å²) in [6, 6.07) is 79.5. The summed E-state index contributed by atoms with van der Waals surface area (Å²) < 4.78 is 1.34. The van der Waals surface area contributed by atoms with Crippen LogP contribution in [0.1, 0.15) is 63.2 Å². The van der Waals surface area contributed by atoms with Gasteiger partial charge in [0.25, 0.3) is 0 Å². The lowest BCUT2D eigenvalue weighted by atomic mass is 9.70. The molecule has 296 valence electrons. The zero-order valence-corrected chi connectivity index (χ0v) is 36.0. The fourth-order valence-corrected chi connectivity index (χ4v) is 12.9. The molecule has 3 aliphatic carbocycles. The van der Waals surface area contributed by atoms with E-state index in [0.29, 0.717) is 0 Å². The van der Waals surface area contributed by atoms with E-state index in [4.69, 9.17) is 0 Å². The molecule has 0 bridgehead atoms. The summed E-state index contributed by atoms with van der Waals surface area (Å²) in [5, 5.41) is 1.34. The lowest BCUT2D eigenvalue weighted by Gasteiger charge is -2.30. The van der Waals surface area contributed by atoms with E-state index >= 15 is 0 Å². The minimum atomic E-state index is -0.386. The number of hydrogen-bond donors (Lipinski definition) is 0. The Labute approximate surface area is 373 Å². The van der Waals surface area contributed by atoms with Gasteiger partial charge in [0.05, 0.1) is 5.41 Å². The van der Waals surface area contributed by atoms with Crippen LogP contribution in [0.2, 0.25) is 0 Å². The van der Waals surface area contributed by atoms with Gasteiger partial charge in [-0.25, -0.2) is 0 Å². The Morgan fingerprint density at radius 3 is 1.63 bits per heavy atom. The molecule has 1 heterocycles. The second kappa shape index (κ2) is 13.6. The smallest absolute Gasteiger partial charge is 0.0725 e. The third kappa shape index (κ3) is 5.09. The maximum absolute atomic E-state index is 2.46. The zero-order chi connectivity index (χ0) is 41.9. The van der Waals surface area contributed by atoms with Crippen molar-refractivity contribution in [3.8, 4) is 55.6 Å². The first-order chi connectivity index (χ1) is 31.0. The highest BCUT2D eigenvalue weighted by Gasteiger charge is 2.52. The lowest BCUT2D eigenvalue weighted by Crippen LogP contribution is -2.25. The molecule has 63 heavy (non-hydrogen) atoms. The van der Waals surface area contributed by atoms with Crippen molar-refractivity contribution in [1.29, 1.82) is 0 Å². The molecule has 9 aromatic carbocycles. The SMILES string of the molecule is CC1(C)c2ccccc2-c2c1sc1ccc(/C(=C\c3ccccc3)c3cccc(-c4ccccc4-c4cccc5c4-c4ccccc4C54c5ccccc5-c5ccccc54)c3)cc21. The number of thiophene rings is 1. The first-order valence-electron chi connectivity index (χ1n) is 22.1. The Morgan fingerprint density at radius 2 is 0.921 bits per heavy atom. The van der Waals surface area contributed by atoms with Crippen molar-refractivity contribution in [3.05, 3.63) is 262 Å². The molecule has 0 unspecified atom stereocenters. The van der Waals surface area contributed by atoms with Gasteiger partial charge < -0.3 is 0 Å². The van der Waals surface area contributed by atoms with Gasteiger partial charge in [-0.2, -0.15) is 0 Å². The maximum Gasteiger partial charge on any atom is 0.0725 e. The van der Waals surface area contributed by atoms with Crippen molar-refractivity contribution in [2.45, 2.75) is 24.7 Å². The summed E-state index contributed by atoms with van der Waals surface area (Å²) in [6.45, 7) is 4.76. The van der Waals surface area contributed by atoms with E-state index in [2.05, 4.69) is 232 Å². The van der Waals surface area contributed by atoms with Crippen molar-refractivity contribution in [2.24, 2.45) is 0 Å². The fourth-order valence-electron chi connectivity index (χ4n) is 11.6. The largest absolute Gasteiger partial charge is 0.139 e. The Balaban J connectivity index is 0.988. The van der Waals surface area contributed by atoms with Crippen LogP contribution >= 0.6 is 11.3 Å². The highest BCUT2D eigenvalue weighted by molar-refractivity contribution is 7.20. The Kier molecular flexibility index (Phi) is 7.84. The number of rotatable bonds is 5. The molecule has 10 aromatic rings. The van der Waals surface area contributed by atoms with Crippen LogP contribution < -0.4 is 0 Å². The highest BCUT2D eigenvalue weighted by atomic mass is 32.1. The molecular weight excluding hydrogens is 777 g/mol. The highest BCUT2D eigenvalue weighted by Crippen LogP contribution is 2.64. The molecule has 0 saturated carbocycles. The molecule has 13 rings (SSSR count). The van der Waals surface area contributed by atoms with Crippen LogP contribution in [0, 0.1) is 0 Å². The maximum atomic E-state index is 2.46. The first-order valence-corrected chi connectivity index (χ1v) is 22.9. The second-order valence-electron chi connectivity index (χ2n) is 17.9. The van der Waals surface area contributed by atoms with Crippen molar-refractivity contribution in [1.82, 2.24) is 0 Å². The van der Waals surface area contributed by atoms with Crippen LogP contribution in [0.15, 0.2) is 212 Å². The molecule has 0 radical (unpaired) electrons. The number of benzene rings is 9. The van der Waals surface area contributed by atoms with Crippen LogP contribution in [0.25, 0.3) is 77.4 Å². The van der Waals surface area contributed by atoms with E-state index in [1.165, 1.54) is 121 Å². The molecule has 0 fully saturated rings. The van der Waals surface area contributed by atoms with Crippen LogP contribution in [0.3, 0.4) is 0 Å². The Morgan fingerprint density at radius 1 is 0.397 bits per heavy atom. The molecule has 1 heteroatoms. The van der Waals surface area contributed by atoms with Gasteiger partial charge in [-0.15, -0.1) is 11.3 Å². The second-order valence-corrected chi connectivity index (χ2v) is 18.9. The predicted octanol–water partition coefficient (Wildman–Crippen LogP) is 16.5. The minimum absolute atomic E-state index is 0.0200. The molecule has 0 aliphatic heterocycles. The molecule has 1 aromatic heterocycles. The van der Waals surface area contributed by atoms with Gasteiger partial charge in [-0.3, -0.25) is 0 Å². The van der Waals surface area contributed by atoms with E-state index in [1.54, 1.807) is 0 Å². The van der Waals surface area contributed by atoms with E-state index in [9.17, 15) is 0 Å². The van der Waals surface area contributed by atoms with Crippen molar-refractivity contribution >= 4 is 33.1 Å². The monoisotopic (exact) mass is 818 g/mol. The number of hydrogen-bond acceptors (Lipinski definition) is 1. The third-order valence-electron chi connectivity index (χ3n) is 14.3. The third-order valence-corrected chi connectivity index (χ3v) is 15.8. The Bertz CT molecular complexity index is 3490. The van der Waals surface area contributed by atoms with E-state index in [1.807, 2.05) is 11.3 Å². The summed E-state index contributed by atoms with van der Waals surface area (Å²) in [7, 11) is 0. The molecular formula is C62H42S. The fraction of sp³-hybridized carbons (Fsp3) is 0.0645. The Hall–Kier alpha value is -7.32. The van der Waals surface area contributed by atoms with E-state index in [-0.39, 0.29) is 10.8 Å². The summed E-state index contributed by atoms with van der Waals surface area (Å²) >= 11 is 1.95. The van der Waals surface area contributed by atoms with Gasteiger partial charge in [-0.05, 0) is 124 Å². The molecule has 3 aliphatic rings. The normalized spacial score (nSPS) is 14.5. The molecule has 0 N–H and O–H groups in total. The molecule has 0 atom stereocenters. The van der Waals surface area contributed by atoms with Gasteiger partial charge in [-0.1, -0.05) is 208 Å². The van der Waals surface area contributed by atoms with Gasteiger partial charge in [0, 0.05) is 25.9 Å². The van der Waals surface area contributed by atoms with Crippen LogP contribution in [-0.2, 0) is 10.8 Å². The van der Waals surface area contributed by atoms with Gasteiger partial charge in [0.2, 0.25) is 0 Å². The van der Waals surface area contributed by atoms with Gasteiger partial charge in [0.1, 0.15) is 0 Å². The van der Waals surface area contributed by atoms with Crippen molar-refractivity contribution in [2.75, 3.05) is 0 Å². The molecule has 0 amide bonds. The summed E-state index contributed by atoms with van der Waals surface area (Å²) in [6.07, 6.45) is 2.37. The van der Waals surface area contributed by atoms with Crippen molar-refractivity contribution in [3.63, 3.8) is 0 Å². The average molecular weight is 819 g/mol. The van der Waals surface area contributed by atoms with E-state index in [0.717, 1.165) is 0 Å². The average Bonchev–Trinajstić information content (AvgIpc) is 4.04. The minimum Gasteiger partial charge on any atom is -0.139 e. The summed E-state index contributed by atoms with van der Waals surface area (Å²) in [5.41, 5.74) is 24.3. The van der Waals surface area contributed by atoms with E-state index < -0.39 is 0 Å². The summed E-state index contributed by atoms with van der Waals surface area (Å²) in [5.74, 6) is 0. The standard InChI is InChI=1S/C62H42S/c1-61(2)52-29-12-10-26-48(52)59-51-38-42(34-35-57(51)63-60(59)61)50(36-39-18-4-3-5-19-39)41-21-16-20-40(37-41)43-22-6-7-23-44(43)47-28-17-33-56-58(47)49-27-11-15-32-55(49)62(56)53-30-13-8-24-45(53)46-25-9-14-31-54(46)62/h3-38H,1-2H3/b50-36-. The summed E-state index contributed by atoms with van der Waals surface area (Å²) in [4.78, 5) is 1.46. The van der Waals surface area contributed by atoms with Crippen LogP contribution in [-0.4, -0.2) is 0 Å².